The van der Waals surface area contributed by atoms with Gasteiger partial charge in [-0.05, 0) is 30.7 Å². The van der Waals surface area contributed by atoms with E-state index in [0.29, 0.717) is 37.5 Å². The molecule has 0 spiro atoms. The van der Waals surface area contributed by atoms with E-state index in [2.05, 4.69) is 4.72 Å². The van der Waals surface area contributed by atoms with E-state index in [4.69, 9.17) is 4.74 Å². The van der Waals surface area contributed by atoms with Gasteiger partial charge in [-0.3, -0.25) is 9.52 Å². The predicted octanol–water partition coefficient (Wildman–Crippen LogP) is 1.84. The zero-order valence-electron chi connectivity index (χ0n) is 14.5. The number of amides is 1. The molecule has 26 heavy (non-hydrogen) atoms. The molecule has 0 unspecified atom stereocenters. The van der Waals surface area contributed by atoms with Crippen LogP contribution in [0.2, 0.25) is 0 Å². The molecule has 7 nitrogen and oxygen atoms in total. The Morgan fingerprint density at radius 1 is 1.27 bits per heavy atom. The van der Waals surface area contributed by atoms with E-state index < -0.39 is 15.8 Å². The standard InChI is InChI=1S/C17H20FN3O4S/c1-12-3-4-13(18)9-15(12)19-26(23,24)14-10-16-17(22)20(7-8-25-2)5-6-21(16)11-14/h3-4,9-11,19H,5-8H2,1-2H3. The maximum absolute atomic E-state index is 13.4. The van der Waals surface area contributed by atoms with Crippen molar-refractivity contribution >= 4 is 21.6 Å². The Morgan fingerprint density at radius 3 is 2.77 bits per heavy atom. The van der Waals surface area contributed by atoms with Gasteiger partial charge in [0, 0.05) is 32.9 Å². The highest BCUT2D eigenvalue weighted by molar-refractivity contribution is 7.92. The number of aromatic nitrogens is 1. The fourth-order valence-corrected chi connectivity index (χ4v) is 3.97. The number of benzene rings is 1. The van der Waals surface area contributed by atoms with Crippen molar-refractivity contribution in [3.63, 3.8) is 0 Å². The largest absolute Gasteiger partial charge is 0.383 e. The summed E-state index contributed by atoms with van der Waals surface area (Å²) in [6.45, 7) is 3.53. The lowest BCUT2D eigenvalue weighted by Gasteiger charge is -2.27. The molecule has 2 heterocycles. The monoisotopic (exact) mass is 381 g/mol. The van der Waals surface area contributed by atoms with Crippen molar-refractivity contribution in [2.45, 2.75) is 18.4 Å². The molecule has 9 heteroatoms. The molecule has 1 aromatic carbocycles. The Hall–Kier alpha value is -2.39. The minimum absolute atomic E-state index is 0.0295. The number of aryl methyl sites for hydroxylation is 1. The summed E-state index contributed by atoms with van der Waals surface area (Å²) in [4.78, 5) is 14.1. The lowest BCUT2D eigenvalue weighted by Crippen LogP contribution is -2.41. The number of hydrogen-bond donors (Lipinski definition) is 1. The summed E-state index contributed by atoms with van der Waals surface area (Å²) in [7, 11) is -2.38. The quantitative estimate of drug-likeness (QED) is 0.828. The molecule has 3 rings (SSSR count). The molecule has 1 amide bonds. The van der Waals surface area contributed by atoms with Crippen LogP contribution in [0.4, 0.5) is 10.1 Å². The number of carbonyl (C=O) groups excluding carboxylic acids is 1. The van der Waals surface area contributed by atoms with Crippen LogP contribution in [0.5, 0.6) is 0 Å². The second kappa shape index (κ2) is 7.08. The summed E-state index contributed by atoms with van der Waals surface area (Å²) in [5.74, 6) is -0.773. The molecule has 1 aliphatic rings. The van der Waals surface area contributed by atoms with Crippen LogP contribution in [0.25, 0.3) is 0 Å². The highest BCUT2D eigenvalue weighted by Crippen LogP contribution is 2.24. The van der Waals surface area contributed by atoms with E-state index in [1.165, 1.54) is 24.4 Å². The van der Waals surface area contributed by atoms with Gasteiger partial charge in [0.15, 0.2) is 0 Å². The minimum Gasteiger partial charge on any atom is -0.383 e. The van der Waals surface area contributed by atoms with E-state index in [1.807, 2.05) is 0 Å². The maximum Gasteiger partial charge on any atom is 0.270 e. The smallest absolute Gasteiger partial charge is 0.270 e. The Balaban J connectivity index is 1.87. The summed E-state index contributed by atoms with van der Waals surface area (Å²) in [6.07, 6.45) is 1.43. The fraction of sp³-hybridized carbons (Fsp3) is 0.353. The van der Waals surface area contributed by atoms with E-state index in [-0.39, 0.29) is 16.5 Å². The minimum atomic E-state index is -3.94. The van der Waals surface area contributed by atoms with E-state index in [0.717, 1.165) is 6.07 Å². The Kier molecular flexibility index (Phi) is 5.01. The molecule has 2 aromatic rings. The molecule has 0 aliphatic carbocycles. The third-order valence-electron chi connectivity index (χ3n) is 4.31. The first kappa shape index (κ1) is 18.4. The summed E-state index contributed by atoms with van der Waals surface area (Å²) >= 11 is 0. The zero-order valence-corrected chi connectivity index (χ0v) is 15.3. The number of halogens is 1. The lowest BCUT2D eigenvalue weighted by molar-refractivity contribution is 0.0641. The molecule has 1 aliphatic heterocycles. The van der Waals surface area contributed by atoms with Crippen molar-refractivity contribution in [1.29, 1.82) is 0 Å². The van der Waals surface area contributed by atoms with Gasteiger partial charge in [-0.1, -0.05) is 6.07 Å². The number of rotatable bonds is 6. The number of nitrogens with zero attached hydrogens (tertiary/aromatic N) is 2. The van der Waals surface area contributed by atoms with Gasteiger partial charge in [0.2, 0.25) is 0 Å². The first-order valence-corrected chi connectivity index (χ1v) is 9.57. The van der Waals surface area contributed by atoms with Crippen LogP contribution in [0.15, 0.2) is 35.4 Å². The summed E-state index contributed by atoms with van der Waals surface area (Å²) in [5.41, 5.74) is 1.08. The second-order valence-electron chi connectivity index (χ2n) is 6.10. The third-order valence-corrected chi connectivity index (χ3v) is 5.64. The number of anilines is 1. The molecule has 0 saturated heterocycles. The van der Waals surface area contributed by atoms with E-state index in [9.17, 15) is 17.6 Å². The van der Waals surface area contributed by atoms with Crippen LogP contribution in [0.3, 0.4) is 0 Å². The van der Waals surface area contributed by atoms with Crippen molar-refractivity contribution in [1.82, 2.24) is 9.47 Å². The van der Waals surface area contributed by atoms with Crippen molar-refractivity contribution < 1.29 is 22.3 Å². The highest BCUT2D eigenvalue weighted by Gasteiger charge is 2.28. The van der Waals surface area contributed by atoms with Gasteiger partial charge in [-0.25, -0.2) is 12.8 Å². The van der Waals surface area contributed by atoms with Crippen molar-refractivity contribution in [3.8, 4) is 0 Å². The maximum atomic E-state index is 13.4. The van der Waals surface area contributed by atoms with Gasteiger partial charge >= 0.3 is 0 Å². The van der Waals surface area contributed by atoms with Gasteiger partial charge in [-0.2, -0.15) is 0 Å². The van der Waals surface area contributed by atoms with Crippen molar-refractivity contribution in [2.24, 2.45) is 0 Å². The Bertz CT molecular complexity index is 939. The van der Waals surface area contributed by atoms with Gasteiger partial charge in [0.25, 0.3) is 15.9 Å². The van der Waals surface area contributed by atoms with Crippen LogP contribution >= 0.6 is 0 Å². The van der Waals surface area contributed by atoms with E-state index in [1.54, 1.807) is 23.5 Å². The molecular weight excluding hydrogens is 361 g/mol. The molecule has 0 radical (unpaired) electrons. The van der Waals surface area contributed by atoms with Gasteiger partial charge < -0.3 is 14.2 Å². The number of hydrogen-bond acceptors (Lipinski definition) is 4. The van der Waals surface area contributed by atoms with Crippen molar-refractivity contribution in [2.75, 3.05) is 31.5 Å². The summed E-state index contributed by atoms with van der Waals surface area (Å²) in [5, 5.41) is 0. The zero-order chi connectivity index (χ0) is 18.9. The fourth-order valence-electron chi connectivity index (χ4n) is 2.81. The van der Waals surface area contributed by atoms with E-state index >= 15 is 0 Å². The first-order chi connectivity index (χ1) is 12.3. The normalized spacial score (nSPS) is 14.4. The van der Waals surface area contributed by atoms with Gasteiger partial charge in [-0.15, -0.1) is 0 Å². The summed E-state index contributed by atoms with van der Waals surface area (Å²) in [6, 6.07) is 5.23. The molecule has 0 atom stereocenters. The molecule has 0 bridgehead atoms. The number of carbonyl (C=O) groups is 1. The van der Waals surface area contributed by atoms with Crippen LogP contribution < -0.4 is 4.72 Å². The molecule has 1 N–H and O–H groups in total. The Morgan fingerprint density at radius 2 is 2.04 bits per heavy atom. The second-order valence-corrected chi connectivity index (χ2v) is 7.79. The van der Waals surface area contributed by atoms with Crippen LogP contribution in [0.1, 0.15) is 16.1 Å². The molecule has 0 saturated carbocycles. The van der Waals surface area contributed by atoms with Crippen molar-refractivity contribution in [3.05, 3.63) is 47.5 Å². The lowest BCUT2D eigenvalue weighted by atomic mass is 10.2. The first-order valence-electron chi connectivity index (χ1n) is 8.09. The SMILES string of the molecule is COCCN1CCn2cc(S(=O)(=O)Nc3cc(F)ccc3C)cc2C1=O. The summed E-state index contributed by atoms with van der Waals surface area (Å²) < 4.78 is 47.7. The number of ether oxygens (including phenoxy) is 1. The Labute approximate surface area is 151 Å². The molecule has 0 fully saturated rings. The average Bonchev–Trinajstić information content (AvgIpc) is 3.03. The number of methoxy groups -OCH3 is 1. The number of fused-ring (bicyclic) bond motifs is 1. The van der Waals surface area contributed by atoms with Crippen LogP contribution in [-0.2, 0) is 21.3 Å². The van der Waals surface area contributed by atoms with Gasteiger partial charge in [0.1, 0.15) is 16.4 Å². The predicted molar refractivity (Wildman–Crippen MR) is 94.2 cm³/mol. The molecule has 1 aromatic heterocycles. The van der Waals surface area contributed by atoms with Gasteiger partial charge in [0.05, 0.1) is 12.3 Å². The van der Waals surface area contributed by atoms with Crippen LogP contribution in [0, 0.1) is 12.7 Å². The third kappa shape index (κ3) is 3.58. The van der Waals surface area contributed by atoms with Crippen LogP contribution in [-0.4, -0.2) is 50.6 Å². The highest BCUT2D eigenvalue weighted by atomic mass is 32.2. The molecule has 140 valence electrons. The number of sulfonamides is 1. The number of nitrogens with one attached hydrogen (secondary N) is 1. The average molecular weight is 381 g/mol. The molecular formula is C17H20FN3O4S. The topological polar surface area (TPSA) is 80.6 Å².